The average Bonchev–Trinajstić information content (AvgIpc) is 2.86. The predicted molar refractivity (Wildman–Crippen MR) is 90.6 cm³/mol. The number of hydrogen-bond donors (Lipinski definition) is 2. The maximum Gasteiger partial charge on any atom is 0.339 e. The molecule has 25 heavy (non-hydrogen) atoms. The van der Waals surface area contributed by atoms with Crippen molar-refractivity contribution in [3.63, 3.8) is 0 Å². The van der Waals surface area contributed by atoms with Gasteiger partial charge in [-0.3, -0.25) is 9.59 Å². The van der Waals surface area contributed by atoms with E-state index in [0.29, 0.717) is 5.56 Å². The summed E-state index contributed by atoms with van der Waals surface area (Å²) in [7, 11) is 1.21. The molecule has 0 aliphatic heterocycles. The lowest BCUT2D eigenvalue weighted by Crippen LogP contribution is -2.17. The molecule has 0 spiro atoms. The van der Waals surface area contributed by atoms with Gasteiger partial charge in [-0.05, 0) is 30.7 Å². The Morgan fingerprint density at radius 1 is 1.32 bits per heavy atom. The molecule has 0 radical (unpaired) electrons. The maximum absolute atomic E-state index is 13.0. The predicted octanol–water partition coefficient (Wildman–Crippen LogP) is 3.29. The van der Waals surface area contributed by atoms with Gasteiger partial charge in [-0.25, -0.2) is 9.18 Å². The number of H-pyrrole nitrogens is 1. The number of Topliss-reactive ketones (excluding diaryl/α,β-unsaturated/α-hetero) is 1. The van der Waals surface area contributed by atoms with Crippen LogP contribution in [0, 0.1) is 12.7 Å². The number of nitrogens with one attached hydrogen (secondary N) is 2. The monoisotopic (exact) mass is 366 g/mol. The highest BCUT2D eigenvalue weighted by molar-refractivity contribution is 6.33. The molecule has 2 aromatic rings. The zero-order valence-corrected chi connectivity index (χ0v) is 14.6. The van der Waals surface area contributed by atoms with Gasteiger partial charge in [-0.1, -0.05) is 11.6 Å². The molecule has 1 amide bonds. The van der Waals surface area contributed by atoms with Gasteiger partial charge < -0.3 is 15.0 Å². The number of aromatic nitrogens is 1. The molecule has 8 heteroatoms. The SMILES string of the molecule is COC(=O)c1c(CC(=O)Nc2ccc(F)cc2Cl)[nH]c(C(C)=O)c1C. The minimum absolute atomic E-state index is 0.0497. The quantitative estimate of drug-likeness (QED) is 0.627. The van der Waals surface area contributed by atoms with Crippen LogP contribution in [0.15, 0.2) is 18.2 Å². The Morgan fingerprint density at radius 3 is 2.56 bits per heavy atom. The molecule has 0 atom stereocenters. The largest absolute Gasteiger partial charge is 0.465 e. The molecular formula is C17H16ClFN2O4. The summed E-state index contributed by atoms with van der Waals surface area (Å²) in [5.41, 5.74) is 1.30. The van der Waals surface area contributed by atoms with Crippen molar-refractivity contribution >= 4 is 34.9 Å². The lowest BCUT2D eigenvalue weighted by molar-refractivity contribution is -0.115. The van der Waals surface area contributed by atoms with E-state index in [4.69, 9.17) is 16.3 Å². The first-order valence-corrected chi connectivity index (χ1v) is 7.68. The summed E-state index contributed by atoms with van der Waals surface area (Å²) < 4.78 is 17.8. The fraction of sp³-hybridized carbons (Fsp3) is 0.235. The van der Waals surface area contributed by atoms with Crippen molar-refractivity contribution in [2.45, 2.75) is 20.3 Å². The summed E-state index contributed by atoms with van der Waals surface area (Å²) >= 11 is 5.87. The lowest BCUT2D eigenvalue weighted by Gasteiger charge is -2.08. The Bertz CT molecular complexity index is 861. The van der Waals surface area contributed by atoms with Crippen LogP contribution in [-0.2, 0) is 16.0 Å². The van der Waals surface area contributed by atoms with Gasteiger partial charge >= 0.3 is 5.97 Å². The van der Waals surface area contributed by atoms with Gasteiger partial charge in [-0.15, -0.1) is 0 Å². The minimum Gasteiger partial charge on any atom is -0.465 e. The topological polar surface area (TPSA) is 88.3 Å². The van der Waals surface area contributed by atoms with E-state index in [0.717, 1.165) is 12.1 Å². The first-order chi connectivity index (χ1) is 11.7. The molecule has 6 nitrogen and oxygen atoms in total. The Labute approximate surface area is 148 Å². The van der Waals surface area contributed by atoms with E-state index in [1.165, 1.54) is 20.1 Å². The van der Waals surface area contributed by atoms with E-state index >= 15 is 0 Å². The molecule has 0 aliphatic carbocycles. The summed E-state index contributed by atoms with van der Waals surface area (Å²) in [5.74, 6) is -1.93. The lowest BCUT2D eigenvalue weighted by atomic mass is 10.1. The third kappa shape index (κ3) is 4.06. The third-order valence-corrected chi connectivity index (χ3v) is 3.92. The molecule has 0 bridgehead atoms. The second-order valence-corrected chi connectivity index (χ2v) is 5.78. The van der Waals surface area contributed by atoms with Crippen LogP contribution < -0.4 is 5.32 Å². The molecule has 0 unspecified atom stereocenters. The summed E-state index contributed by atoms with van der Waals surface area (Å²) in [4.78, 5) is 38.7. The Balaban J connectivity index is 2.29. The van der Waals surface area contributed by atoms with Crippen LogP contribution >= 0.6 is 11.6 Å². The van der Waals surface area contributed by atoms with Crippen LogP contribution in [0.2, 0.25) is 5.02 Å². The number of methoxy groups -OCH3 is 1. The van der Waals surface area contributed by atoms with Crippen molar-refractivity contribution in [3.8, 4) is 0 Å². The molecule has 132 valence electrons. The molecule has 2 N–H and O–H groups in total. The van der Waals surface area contributed by atoms with Crippen molar-refractivity contribution in [1.82, 2.24) is 4.98 Å². The van der Waals surface area contributed by atoms with Crippen molar-refractivity contribution in [3.05, 3.63) is 51.6 Å². The van der Waals surface area contributed by atoms with Crippen LogP contribution in [0.25, 0.3) is 0 Å². The number of hydrogen-bond acceptors (Lipinski definition) is 4. The molecule has 1 aromatic heterocycles. The van der Waals surface area contributed by atoms with E-state index in [-0.39, 0.29) is 39.9 Å². The van der Waals surface area contributed by atoms with Crippen LogP contribution in [0.4, 0.5) is 10.1 Å². The molecule has 0 saturated heterocycles. The van der Waals surface area contributed by atoms with Crippen LogP contribution in [0.1, 0.15) is 39.0 Å². The van der Waals surface area contributed by atoms with Gasteiger partial charge in [0.2, 0.25) is 5.91 Å². The van der Waals surface area contributed by atoms with Crippen molar-refractivity contribution in [1.29, 1.82) is 0 Å². The Hall–Kier alpha value is -2.67. The van der Waals surface area contributed by atoms with Crippen LogP contribution in [0.5, 0.6) is 0 Å². The molecular weight excluding hydrogens is 351 g/mol. The number of ketones is 1. The van der Waals surface area contributed by atoms with Crippen LogP contribution in [0.3, 0.4) is 0 Å². The van der Waals surface area contributed by atoms with E-state index in [9.17, 15) is 18.8 Å². The number of halogens is 2. The summed E-state index contributed by atoms with van der Waals surface area (Å²) in [5, 5.41) is 2.58. The smallest absolute Gasteiger partial charge is 0.339 e. The number of rotatable bonds is 5. The highest BCUT2D eigenvalue weighted by atomic mass is 35.5. The number of carbonyl (C=O) groups is 3. The minimum atomic E-state index is -0.649. The third-order valence-electron chi connectivity index (χ3n) is 3.61. The second-order valence-electron chi connectivity index (χ2n) is 5.38. The number of ether oxygens (including phenoxy) is 1. The van der Waals surface area contributed by atoms with Crippen LogP contribution in [-0.4, -0.2) is 29.8 Å². The number of aromatic amines is 1. The molecule has 0 aliphatic rings. The van der Waals surface area contributed by atoms with Gasteiger partial charge in [0, 0.05) is 12.6 Å². The van der Waals surface area contributed by atoms with Crippen molar-refractivity contribution in [2.75, 3.05) is 12.4 Å². The first kappa shape index (κ1) is 18.7. The molecule has 0 fully saturated rings. The van der Waals surface area contributed by atoms with Crippen molar-refractivity contribution in [2.24, 2.45) is 0 Å². The summed E-state index contributed by atoms with van der Waals surface area (Å²) in [6.07, 6.45) is -0.216. The molecule has 1 heterocycles. The fourth-order valence-electron chi connectivity index (χ4n) is 2.47. The highest BCUT2D eigenvalue weighted by Crippen LogP contribution is 2.24. The average molecular weight is 367 g/mol. The number of esters is 1. The normalized spacial score (nSPS) is 10.4. The summed E-state index contributed by atoms with van der Waals surface area (Å²) in [6.45, 7) is 2.94. The van der Waals surface area contributed by atoms with Gasteiger partial charge in [-0.2, -0.15) is 0 Å². The number of carbonyl (C=O) groups excluding carboxylic acids is 3. The number of benzene rings is 1. The fourth-order valence-corrected chi connectivity index (χ4v) is 2.68. The standard InChI is InChI=1S/C17H16ClFN2O4/c1-8-15(17(24)25-3)13(21-16(8)9(2)22)7-14(23)20-12-5-4-10(19)6-11(12)18/h4-6,21H,7H2,1-3H3,(H,20,23). The zero-order chi connectivity index (χ0) is 18.7. The van der Waals surface area contributed by atoms with E-state index < -0.39 is 17.7 Å². The van der Waals surface area contributed by atoms with Gasteiger partial charge in [0.05, 0.1) is 35.5 Å². The van der Waals surface area contributed by atoms with E-state index in [1.54, 1.807) is 6.92 Å². The van der Waals surface area contributed by atoms with Crippen molar-refractivity contribution < 1.29 is 23.5 Å². The molecule has 1 aromatic carbocycles. The Kier molecular flexibility index (Phi) is 5.58. The first-order valence-electron chi connectivity index (χ1n) is 7.30. The number of amides is 1. The Morgan fingerprint density at radius 2 is 2.00 bits per heavy atom. The number of anilines is 1. The van der Waals surface area contributed by atoms with E-state index in [2.05, 4.69) is 10.3 Å². The second kappa shape index (κ2) is 7.48. The highest BCUT2D eigenvalue weighted by Gasteiger charge is 2.24. The molecule has 0 saturated carbocycles. The molecule has 2 rings (SSSR count). The van der Waals surface area contributed by atoms with Gasteiger partial charge in [0.1, 0.15) is 5.82 Å². The van der Waals surface area contributed by atoms with Gasteiger partial charge in [0.25, 0.3) is 0 Å². The van der Waals surface area contributed by atoms with E-state index in [1.807, 2.05) is 0 Å². The van der Waals surface area contributed by atoms with Gasteiger partial charge in [0.15, 0.2) is 5.78 Å². The summed E-state index contributed by atoms with van der Waals surface area (Å²) in [6, 6.07) is 3.56. The maximum atomic E-state index is 13.0. The zero-order valence-electron chi connectivity index (χ0n) is 13.8.